The zero-order chi connectivity index (χ0) is 12.4. The molecule has 2 aliphatic heterocycles. The number of nitrogens with zero attached hydrogens (tertiary/aromatic N) is 3. The summed E-state index contributed by atoms with van der Waals surface area (Å²) in [7, 11) is 0. The molecule has 0 N–H and O–H groups in total. The summed E-state index contributed by atoms with van der Waals surface area (Å²) in [5.74, 6) is 0. The third kappa shape index (κ3) is 2.92. The smallest absolute Gasteiger partial charge is 0.0897 e. The van der Waals surface area contributed by atoms with E-state index in [1.807, 2.05) is 0 Å². The van der Waals surface area contributed by atoms with E-state index in [1.54, 1.807) is 11.3 Å². The lowest BCUT2D eigenvalue weighted by Gasteiger charge is -2.25. The molecule has 2 aliphatic rings. The minimum atomic E-state index is 0.838. The van der Waals surface area contributed by atoms with Crippen LogP contribution in [0, 0.1) is 6.92 Å². The molecule has 0 aliphatic carbocycles. The predicted octanol–water partition coefficient (Wildman–Crippen LogP) is 2.16. The molecular weight excluding hydrogens is 242 g/mol. The van der Waals surface area contributed by atoms with E-state index >= 15 is 0 Å². The van der Waals surface area contributed by atoms with Crippen molar-refractivity contribution in [2.24, 2.45) is 0 Å². The Balaban J connectivity index is 1.52. The lowest BCUT2D eigenvalue weighted by molar-refractivity contribution is 0.221. The van der Waals surface area contributed by atoms with Gasteiger partial charge in [0.15, 0.2) is 0 Å². The molecule has 0 unspecified atom stereocenters. The molecule has 2 fully saturated rings. The van der Waals surface area contributed by atoms with E-state index in [4.69, 9.17) is 0 Å². The molecule has 0 spiro atoms. The Bertz CT molecular complexity index is 390. The first-order chi connectivity index (χ1) is 8.81. The average Bonchev–Trinajstić information content (AvgIpc) is 2.92. The number of aromatic nitrogens is 1. The second-order valence-electron chi connectivity index (χ2n) is 5.59. The molecule has 18 heavy (non-hydrogen) atoms. The molecule has 3 nitrogen and oxygen atoms in total. The van der Waals surface area contributed by atoms with E-state index in [9.17, 15) is 0 Å². The van der Waals surface area contributed by atoms with Crippen LogP contribution < -0.4 is 0 Å². The highest BCUT2D eigenvalue weighted by molar-refractivity contribution is 7.09. The van der Waals surface area contributed by atoms with E-state index < -0.39 is 0 Å². The molecule has 1 aromatic heterocycles. The van der Waals surface area contributed by atoms with Crippen molar-refractivity contribution < 1.29 is 0 Å². The molecule has 0 saturated carbocycles. The molecular formula is C14H23N3S. The predicted molar refractivity (Wildman–Crippen MR) is 76.2 cm³/mol. The second-order valence-corrected chi connectivity index (χ2v) is 6.66. The quantitative estimate of drug-likeness (QED) is 0.835. The highest BCUT2D eigenvalue weighted by atomic mass is 32.1. The van der Waals surface area contributed by atoms with Gasteiger partial charge in [-0.1, -0.05) is 0 Å². The van der Waals surface area contributed by atoms with Gasteiger partial charge in [-0.05, 0) is 45.8 Å². The van der Waals surface area contributed by atoms with Crippen LogP contribution >= 0.6 is 11.3 Å². The third-order valence-corrected chi connectivity index (χ3v) is 5.06. The minimum Gasteiger partial charge on any atom is -0.301 e. The van der Waals surface area contributed by atoms with E-state index in [1.165, 1.54) is 62.7 Å². The van der Waals surface area contributed by atoms with E-state index in [-0.39, 0.29) is 0 Å². The molecule has 1 aromatic rings. The molecule has 3 rings (SSSR count). The van der Waals surface area contributed by atoms with Crippen LogP contribution in [0.5, 0.6) is 0 Å². The zero-order valence-corrected chi connectivity index (χ0v) is 12.1. The summed E-state index contributed by atoms with van der Waals surface area (Å²) in [6.45, 7) is 8.49. The Labute approximate surface area is 114 Å². The van der Waals surface area contributed by atoms with Crippen molar-refractivity contribution in [1.29, 1.82) is 0 Å². The molecule has 0 bridgehead atoms. The van der Waals surface area contributed by atoms with Crippen molar-refractivity contribution in [3.63, 3.8) is 0 Å². The fourth-order valence-corrected chi connectivity index (χ4v) is 3.93. The standard InChI is InChI=1S/C14H23N3S/c1-12-15-13(11-18-12)5-9-16-6-3-8-17-7-2-4-14(17)10-16/h11,14H,2-10H2,1H3/t14-/m0/s1. The number of hydrogen-bond donors (Lipinski definition) is 0. The highest BCUT2D eigenvalue weighted by Gasteiger charge is 2.28. The van der Waals surface area contributed by atoms with Gasteiger partial charge in [0.05, 0.1) is 10.7 Å². The summed E-state index contributed by atoms with van der Waals surface area (Å²) in [6.07, 6.45) is 5.28. The fraction of sp³-hybridized carbons (Fsp3) is 0.786. The van der Waals surface area contributed by atoms with Crippen LogP contribution in [-0.2, 0) is 6.42 Å². The molecule has 1 atom stereocenters. The summed E-state index contributed by atoms with van der Waals surface area (Å²) in [5.41, 5.74) is 1.28. The topological polar surface area (TPSA) is 19.4 Å². The van der Waals surface area contributed by atoms with E-state index in [2.05, 4.69) is 27.1 Å². The normalized spacial score (nSPS) is 26.2. The summed E-state index contributed by atoms with van der Waals surface area (Å²) in [5, 5.41) is 3.41. The maximum atomic E-state index is 4.57. The van der Waals surface area contributed by atoms with E-state index in [0.717, 1.165) is 12.5 Å². The van der Waals surface area contributed by atoms with Gasteiger partial charge in [-0.25, -0.2) is 4.98 Å². The molecule has 0 aromatic carbocycles. The third-order valence-electron chi connectivity index (χ3n) is 4.24. The first-order valence-electron chi connectivity index (χ1n) is 7.19. The van der Waals surface area contributed by atoms with Crippen LogP contribution in [0.4, 0.5) is 0 Å². The van der Waals surface area contributed by atoms with Gasteiger partial charge in [-0.3, -0.25) is 4.90 Å². The maximum absolute atomic E-state index is 4.57. The van der Waals surface area contributed by atoms with Crippen LogP contribution in [-0.4, -0.2) is 53.5 Å². The van der Waals surface area contributed by atoms with Crippen molar-refractivity contribution in [1.82, 2.24) is 14.8 Å². The molecule has 0 radical (unpaired) electrons. The van der Waals surface area contributed by atoms with Gasteiger partial charge in [0.1, 0.15) is 0 Å². The van der Waals surface area contributed by atoms with Crippen LogP contribution in [0.25, 0.3) is 0 Å². The van der Waals surface area contributed by atoms with Crippen molar-refractivity contribution in [2.75, 3.05) is 32.7 Å². The second kappa shape index (κ2) is 5.68. The van der Waals surface area contributed by atoms with Gasteiger partial charge in [-0.2, -0.15) is 0 Å². The zero-order valence-electron chi connectivity index (χ0n) is 11.3. The van der Waals surface area contributed by atoms with Gasteiger partial charge in [0, 0.05) is 30.9 Å². The van der Waals surface area contributed by atoms with Crippen LogP contribution in [0.3, 0.4) is 0 Å². The Morgan fingerprint density at radius 2 is 2.22 bits per heavy atom. The van der Waals surface area contributed by atoms with Crippen LogP contribution in [0.15, 0.2) is 5.38 Å². The van der Waals surface area contributed by atoms with Gasteiger partial charge >= 0.3 is 0 Å². The summed E-state index contributed by atoms with van der Waals surface area (Å²) >= 11 is 1.77. The van der Waals surface area contributed by atoms with Crippen molar-refractivity contribution >= 4 is 11.3 Å². The van der Waals surface area contributed by atoms with Gasteiger partial charge in [-0.15, -0.1) is 11.3 Å². The van der Waals surface area contributed by atoms with Crippen molar-refractivity contribution in [3.05, 3.63) is 16.1 Å². The van der Waals surface area contributed by atoms with Gasteiger partial charge in [0.25, 0.3) is 0 Å². The Morgan fingerprint density at radius 3 is 3.06 bits per heavy atom. The van der Waals surface area contributed by atoms with Crippen LogP contribution in [0.2, 0.25) is 0 Å². The Hall–Kier alpha value is -0.450. The van der Waals surface area contributed by atoms with Crippen molar-refractivity contribution in [3.8, 4) is 0 Å². The number of hydrogen-bond acceptors (Lipinski definition) is 4. The van der Waals surface area contributed by atoms with E-state index in [0.29, 0.717) is 0 Å². The Morgan fingerprint density at radius 1 is 1.33 bits per heavy atom. The van der Waals surface area contributed by atoms with Gasteiger partial charge in [0.2, 0.25) is 0 Å². The first kappa shape index (κ1) is 12.6. The Kier molecular flexibility index (Phi) is 3.97. The molecule has 0 amide bonds. The fourth-order valence-electron chi connectivity index (χ4n) is 3.28. The molecule has 4 heteroatoms. The molecule has 3 heterocycles. The summed E-state index contributed by atoms with van der Waals surface area (Å²) < 4.78 is 0. The summed E-state index contributed by atoms with van der Waals surface area (Å²) in [4.78, 5) is 9.93. The lowest BCUT2D eigenvalue weighted by atomic mass is 10.2. The van der Waals surface area contributed by atoms with Crippen LogP contribution in [0.1, 0.15) is 30.0 Å². The molecule has 100 valence electrons. The summed E-state index contributed by atoms with van der Waals surface area (Å²) in [6, 6.07) is 0.838. The SMILES string of the molecule is Cc1nc(CCN2CCCN3CCC[C@H]3C2)cs1. The number of rotatable bonds is 3. The maximum Gasteiger partial charge on any atom is 0.0897 e. The monoisotopic (exact) mass is 265 g/mol. The largest absolute Gasteiger partial charge is 0.301 e. The van der Waals surface area contributed by atoms with Crippen molar-refractivity contribution in [2.45, 2.75) is 38.6 Å². The minimum absolute atomic E-state index is 0.838. The lowest BCUT2D eigenvalue weighted by Crippen LogP contribution is -2.37. The molecule has 2 saturated heterocycles. The van der Waals surface area contributed by atoms with Gasteiger partial charge < -0.3 is 4.90 Å². The number of fused-ring (bicyclic) bond motifs is 1. The highest BCUT2D eigenvalue weighted by Crippen LogP contribution is 2.21. The average molecular weight is 265 g/mol. The number of thiazole rings is 1. The number of aryl methyl sites for hydroxylation is 1. The first-order valence-corrected chi connectivity index (χ1v) is 8.06.